The molecular formula is C12H17BrO3. The van der Waals surface area contributed by atoms with Crippen LogP contribution in [0.1, 0.15) is 25.7 Å². The van der Waals surface area contributed by atoms with Gasteiger partial charge >= 0.3 is 0 Å². The molecule has 16 heavy (non-hydrogen) atoms. The van der Waals surface area contributed by atoms with Crippen molar-refractivity contribution in [1.29, 1.82) is 0 Å². The number of ether oxygens (including phenoxy) is 3. The van der Waals surface area contributed by atoms with E-state index in [2.05, 4.69) is 15.9 Å². The first-order chi connectivity index (χ1) is 7.72. The van der Waals surface area contributed by atoms with E-state index in [0.717, 1.165) is 15.8 Å². The Morgan fingerprint density at radius 3 is 2.31 bits per heavy atom. The molecule has 3 nitrogen and oxygen atoms in total. The number of rotatable bonds is 6. The Morgan fingerprint density at radius 1 is 1.19 bits per heavy atom. The van der Waals surface area contributed by atoms with Crippen LogP contribution in [0.3, 0.4) is 0 Å². The van der Waals surface area contributed by atoms with Crippen LogP contribution >= 0.6 is 15.9 Å². The second-order valence-corrected chi connectivity index (χ2v) is 4.04. The fraction of sp³-hybridized carbons (Fsp3) is 0.500. The molecule has 0 aliphatic rings. The Labute approximate surface area is 105 Å². The average Bonchev–Trinajstić information content (AvgIpc) is 2.28. The minimum absolute atomic E-state index is 0.363. The summed E-state index contributed by atoms with van der Waals surface area (Å²) in [6.07, 6.45) is -0.363. The molecule has 1 aromatic rings. The molecule has 0 heterocycles. The number of halogens is 1. The van der Waals surface area contributed by atoms with Crippen LogP contribution in [-0.2, 0) is 9.47 Å². The highest BCUT2D eigenvalue weighted by atomic mass is 79.9. The number of hydrogen-bond donors (Lipinski definition) is 0. The monoisotopic (exact) mass is 288 g/mol. The number of methoxy groups -OCH3 is 1. The molecule has 0 saturated heterocycles. The lowest BCUT2D eigenvalue weighted by Crippen LogP contribution is -2.10. The van der Waals surface area contributed by atoms with Crippen molar-refractivity contribution in [2.75, 3.05) is 20.3 Å². The van der Waals surface area contributed by atoms with Gasteiger partial charge in [0.25, 0.3) is 0 Å². The standard InChI is InChI=1S/C12H17BrO3/c1-4-15-12(16-5-2)10-7-6-9(13)8-11(10)14-3/h6-8,12H,4-5H2,1-3H3. The Bertz CT molecular complexity index is 322. The fourth-order valence-electron chi connectivity index (χ4n) is 1.41. The van der Waals surface area contributed by atoms with Crippen molar-refractivity contribution < 1.29 is 14.2 Å². The van der Waals surface area contributed by atoms with E-state index in [1.165, 1.54) is 0 Å². The zero-order valence-corrected chi connectivity index (χ0v) is 11.4. The van der Waals surface area contributed by atoms with Gasteiger partial charge in [-0.3, -0.25) is 0 Å². The summed E-state index contributed by atoms with van der Waals surface area (Å²) in [5, 5.41) is 0. The molecule has 0 amide bonds. The Morgan fingerprint density at radius 2 is 1.81 bits per heavy atom. The van der Waals surface area contributed by atoms with E-state index in [1.807, 2.05) is 32.0 Å². The van der Waals surface area contributed by atoms with Crippen LogP contribution in [0.15, 0.2) is 22.7 Å². The average molecular weight is 289 g/mol. The maximum absolute atomic E-state index is 5.53. The predicted molar refractivity (Wildman–Crippen MR) is 66.7 cm³/mol. The molecule has 0 unspecified atom stereocenters. The van der Waals surface area contributed by atoms with Crippen LogP contribution in [0.5, 0.6) is 5.75 Å². The maximum atomic E-state index is 5.53. The predicted octanol–water partition coefficient (Wildman–Crippen LogP) is 3.53. The van der Waals surface area contributed by atoms with Crippen LogP contribution in [0.2, 0.25) is 0 Å². The van der Waals surface area contributed by atoms with Gasteiger partial charge in [-0.25, -0.2) is 0 Å². The second-order valence-electron chi connectivity index (χ2n) is 3.13. The minimum atomic E-state index is -0.363. The van der Waals surface area contributed by atoms with E-state index < -0.39 is 0 Å². The summed E-state index contributed by atoms with van der Waals surface area (Å²) in [7, 11) is 1.64. The Hall–Kier alpha value is -0.580. The molecule has 90 valence electrons. The molecule has 4 heteroatoms. The zero-order valence-electron chi connectivity index (χ0n) is 9.83. The van der Waals surface area contributed by atoms with Gasteiger partial charge in [0, 0.05) is 23.2 Å². The quantitative estimate of drug-likeness (QED) is 0.750. The summed E-state index contributed by atoms with van der Waals surface area (Å²) in [6, 6.07) is 5.79. The lowest BCUT2D eigenvalue weighted by Gasteiger charge is -2.19. The summed E-state index contributed by atoms with van der Waals surface area (Å²) in [5.74, 6) is 0.765. The van der Waals surface area contributed by atoms with Gasteiger partial charge in [-0.15, -0.1) is 0 Å². The summed E-state index contributed by atoms with van der Waals surface area (Å²) >= 11 is 3.40. The van der Waals surface area contributed by atoms with Gasteiger partial charge in [0.1, 0.15) is 5.75 Å². The van der Waals surface area contributed by atoms with Gasteiger partial charge in [-0.2, -0.15) is 0 Å². The van der Waals surface area contributed by atoms with Crippen LogP contribution < -0.4 is 4.74 Å². The zero-order chi connectivity index (χ0) is 12.0. The van der Waals surface area contributed by atoms with Gasteiger partial charge in [0.2, 0.25) is 0 Å². The lowest BCUT2D eigenvalue weighted by atomic mass is 10.2. The second kappa shape index (κ2) is 6.89. The lowest BCUT2D eigenvalue weighted by molar-refractivity contribution is -0.141. The molecule has 0 radical (unpaired) electrons. The van der Waals surface area contributed by atoms with Crippen molar-refractivity contribution in [1.82, 2.24) is 0 Å². The third-order valence-corrected chi connectivity index (χ3v) is 2.58. The van der Waals surface area contributed by atoms with E-state index in [9.17, 15) is 0 Å². The topological polar surface area (TPSA) is 27.7 Å². The summed E-state index contributed by atoms with van der Waals surface area (Å²) in [4.78, 5) is 0. The summed E-state index contributed by atoms with van der Waals surface area (Å²) in [6.45, 7) is 5.09. The van der Waals surface area contributed by atoms with Crippen LogP contribution in [0, 0.1) is 0 Å². The Kier molecular flexibility index (Phi) is 5.80. The number of benzene rings is 1. The molecule has 0 aliphatic heterocycles. The van der Waals surface area contributed by atoms with E-state index in [1.54, 1.807) is 7.11 Å². The van der Waals surface area contributed by atoms with Gasteiger partial charge in [0.05, 0.1) is 7.11 Å². The first kappa shape index (κ1) is 13.5. The van der Waals surface area contributed by atoms with Crippen LogP contribution in [0.4, 0.5) is 0 Å². The van der Waals surface area contributed by atoms with Crippen molar-refractivity contribution in [2.24, 2.45) is 0 Å². The highest BCUT2D eigenvalue weighted by Gasteiger charge is 2.16. The van der Waals surface area contributed by atoms with Crippen LogP contribution in [0.25, 0.3) is 0 Å². The normalized spacial score (nSPS) is 10.8. The molecule has 0 spiro atoms. The fourth-order valence-corrected chi connectivity index (χ4v) is 1.75. The summed E-state index contributed by atoms with van der Waals surface area (Å²) in [5.41, 5.74) is 0.911. The van der Waals surface area contributed by atoms with E-state index in [-0.39, 0.29) is 6.29 Å². The third-order valence-electron chi connectivity index (χ3n) is 2.09. The van der Waals surface area contributed by atoms with E-state index in [0.29, 0.717) is 13.2 Å². The smallest absolute Gasteiger partial charge is 0.187 e. The van der Waals surface area contributed by atoms with Crippen LogP contribution in [-0.4, -0.2) is 20.3 Å². The molecule has 0 bridgehead atoms. The first-order valence-corrected chi connectivity index (χ1v) is 6.08. The van der Waals surface area contributed by atoms with Crippen molar-refractivity contribution in [3.63, 3.8) is 0 Å². The minimum Gasteiger partial charge on any atom is -0.496 e. The van der Waals surface area contributed by atoms with Gasteiger partial charge in [0.15, 0.2) is 6.29 Å². The molecule has 0 fully saturated rings. The molecule has 1 aromatic carbocycles. The highest BCUT2D eigenvalue weighted by molar-refractivity contribution is 9.10. The number of hydrogen-bond acceptors (Lipinski definition) is 3. The molecule has 0 aliphatic carbocycles. The van der Waals surface area contributed by atoms with Gasteiger partial charge < -0.3 is 14.2 Å². The SMILES string of the molecule is CCOC(OCC)c1ccc(Br)cc1OC. The molecule has 0 N–H and O–H groups in total. The third kappa shape index (κ3) is 3.47. The molecular weight excluding hydrogens is 272 g/mol. The van der Waals surface area contributed by atoms with Crippen molar-refractivity contribution in [3.8, 4) is 5.75 Å². The molecule has 0 saturated carbocycles. The molecule has 1 rings (SSSR count). The van der Waals surface area contributed by atoms with Gasteiger partial charge in [-0.05, 0) is 32.0 Å². The van der Waals surface area contributed by atoms with E-state index >= 15 is 0 Å². The van der Waals surface area contributed by atoms with Crippen molar-refractivity contribution in [3.05, 3.63) is 28.2 Å². The Balaban J connectivity index is 2.97. The van der Waals surface area contributed by atoms with E-state index in [4.69, 9.17) is 14.2 Å². The maximum Gasteiger partial charge on any atom is 0.187 e. The summed E-state index contributed by atoms with van der Waals surface area (Å²) < 4.78 is 17.3. The molecule has 0 aromatic heterocycles. The first-order valence-electron chi connectivity index (χ1n) is 5.29. The van der Waals surface area contributed by atoms with Gasteiger partial charge in [-0.1, -0.05) is 15.9 Å². The molecule has 0 atom stereocenters. The van der Waals surface area contributed by atoms with Crippen molar-refractivity contribution >= 4 is 15.9 Å². The highest BCUT2D eigenvalue weighted by Crippen LogP contribution is 2.31. The van der Waals surface area contributed by atoms with Crippen molar-refractivity contribution in [2.45, 2.75) is 20.1 Å². The largest absolute Gasteiger partial charge is 0.496 e.